The normalized spacial score (nSPS) is 14.9. The highest BCUT2D eigenvalue weighted by molar-refractivity contribution is 5.91. The zero-order valence-electron chi connectivity index (χ0n) is 15.6. The molecule has 0 spiro atoms. The van der Waals surface area contributed by atoms with Crippen molar-refractivity contribution in [3.63, 3.8) is 0 Å². The molecule has 2 aromatic carbocycles. The lowest BCUT2D eigenvalue weighted by atomic mass is 9.98. The van der Waals surface area contributed by atoms with Crippen LogP contribution >= 0.6 is 0 Å². The molecule has 1 aliphatic heterocycles. The average molecular weight is 354 g/mol. The van der Waals surface area contributed by atoms with Crippen LogP contribution in [0.25, 0.3) is 0 Å². The van der Waals surface area contributed by atoms with Gasteiger partial charge in [-0.25, -0.2) is 4.79 Å². The standard InChI is InChI=1S/C21H26N2O3/c1-14-11-15(2)20(13-19(14)21(24)25)23(16-7-9-22-10-8-16)17-5-4-6-18(12-17)26-3/h4-6,11-13,16,22H,7-10H2,1-3H3,(H,24,25). The number of aryl methyl sites for hydroxylation is 2. The van der Waals surface area contributed by atoms with Crippen molar-refractivity contribution in [3.05, 3.63) is 53.1 Å². The third-order valence-electron chi connectivity index (χ3n) is 5.04. The molecule has 0 atom stereocenters. The molecule has 2 aromatic rings. The molecular formula is C21H26N2O3. The van der Waals surface area contributed by atoms with E-state index in [0.29, 0.717) is 11.6 Å². The summed E-state index contributed by atoms with van der Waals surface area (Å²) < 4.78 is 5.41. The van der Waals surface area contributed by atoms with Gasteiger partial charge in [0.05, 0.1) is 12.7 Å². The predicted molar refractivity (Wildman–Crippen MR) is 104 cm³/mol. The SMILES string of the molecule is COc1cccc(N(c2cc(C(=O)O)c(C)cc2C)C2CCNCC2)c1. The molecule has 1 saturated heterocycles. The second-order valence-electron chi connectivity index (χ2n) is 6.81. The molecule has 0 bridgehead atoms. The molecule has 0 aromatic heterocycles. The number of ether oxygens (including phenoxy) is 1. The van der Waals surface area contributed by atoms with Crippen molar-refractivity contribution in [2.75, 3.05) is 25.1 Å². The number of carboxylic acid groups (broad SMARTS) is 1. The van der Waals surface area contributed by atoms with Crippen LogP contribution in [0, 0.1) is 13.8 Å². The third-order valence-corrected chi connectivity index (χ3v) is 5.04. The fraction of sp³-hybridized carbons (Fsp3) is 0.381. The molecule has 1 fully saturated rings. The molecule has 0 unspecified atom stereocenters. The van der Waals surface area contributed by atoms with Gasteiger partial charge in [-0.15, -0.1) is 0 Å². The van der Waals surface area contributed by atoms with Gasteiger partial charge in [0.25, 0.3) is 0 Å². The number of aromatic carboxylic acids is 1. The van der Waals surface area contributed by atoms with Crippen LogP contribution in [0.2, 0.25) is 0 Å². The van der Waals surface area contributed by atoms with Crippen LogP contribution < -0.4 is 15.0 Å². The number of nitrogens with zero attached hydrogens (tertiary/aromatic N) is 1. The Morgan fingerprint density at radius 3 is 2.54 bits per heavy atom. The number of hydrogen-bond donors (Lipinski definition) is 2. The Balaban J connectivity index is 2.14. The quantitative estimate of drug-likeness (QED) is 0.853. The second-order valence-corrected chi connectivity index (χ2v) is 6.81. The van der Waals surface area contributed by atoms with Crippen LogP contribution in [0.3, 0.4) is 0 Å². The van der Waals surface area contributed by atoms with Crippen LogP contribution in [-0.4, -0.2) is 37.3 Å². The first-order valence-electron chi connectivity index (χ1n) is 9.00. The fourth-order valence-electron chi connectivity index (χ4n) is 3.70. The van der Waals surface area contributed by atoms with Crippen molar-refractivity contribution in [1.29, 1.82) is 0 Å². The third kappa shape index (κ3) is 3.68. The molecular weight excluding hydrogens is 328 g/mol. The summed E-state index contributed by atoms with van der Waals surface area (Å²) in [5.74, 6) is -0.0932. The Morgan fingerprint density at radius 1 is 1.15 bits per heavy atom. The maximum Gasteiger partial charge on any atom is 0.336 e. The summed E-state index contributed by atoms with van der Waals surface area (Å²) in [4.78, 5) is 14.0. The topological polar surface area (TPSA) is 61.8 Å². The number of carboxylic acids is 1. The van der Waals surface area contributed by atoms with Gasteiger partial charge in [0.1, 0.15) is 5.75 Å². The van der Waals surface area contributed by atoms with Crippen LogP contribution in [0.15, 0.2) is 36.4 Å². The lowest BCUT2D eigenvalue weighted by molar-refractivity contribution is 0.0696. The van der Waals surface area contributed by atoms with E-state index in [1.807, 2.05) is 44.2 Å². The van der Waals surface area contributed by atoms with E-state index in [-0.39, 0.29) is 0 Å². The summed E-state index contributed by atoms with van der Waals surface area (Å²) in [7, 11) is 1.66. The van der Waals surface area contributed by atoms with Crippen LogP contribution in [0.5, 0.6) is 5.75 Å². The van der Waals surface area contributed by atoms with Gasteiger partial charge in [-0.1, -0.05) is 12.1 Å². The van der Waals surface area contributed by atoms with E-state index in [9.17, 15) is 9.90 Å². The van der Waals surface area contributed by atoms with Crippen molar-refractivity contribution >= 4 is 17.3 Å². The molecule has 1 heterocycles. The summed E-state index contributed by atoms with van der Waals surface area (Å²) in [6, 6.07) is 12.1. The lowest BCUT2D eigenvalue weighted by Gasteiger charge is -2.37. The van der Waals surface area contributed by atoms with Gasteiger partial charge in [0.2, 0.25) is 0 Å². The highest BCUT2D eigenvalue weighted by atomic mass is 16.5. The first-order valence-corrected chi connectivity index (χ1v) is 9.00. The van der Waals surface area contributed by atoms with E-state index < -0.39 is 5.97 Å². The van der Waals surface area contributed by atoms with Crippen LogP contribution in [-0.2, 0) is 0 Å². The minimum atomic E-state index is -0.889. The zero-order chi connectivity index (χ0) is 18.7. The smallest absolute Gasteiger partial charge is 0.336 e. The molecule has 5 heteroatoms. The summed E-state index contributed by atoms with van der Waals surface area (Å²) in [5, 5.41) is 13.0. The highest BCUT2D eigenvalue weighted by Gasteiger charge is 2.25. The highest BCUT2D eigenvalue weighted by Crippen LogP contribution is 2.36. The van der Waals surface area contributed by atoms with Gasteiger partial charge in [-0.05, 0) is 69.1 Å². The molecule has 2 N–H and O–H groups in total. The first-order chi connectivity index (χ1) is 12.5. The van der Waals surface area contributed by atoms with Gasteiger partial charge < -0.3 is 20.1 Å². The number of anilines is 2. The van der Waals surface area contributed by atoms with Gasteiger partial charge in [-0.3, -0.25) is 0 Å². The molecule has 5 nitrogen and oxygen atoms in total. The number of methoxy groups -OCH3 is 1. The largest absolute Gasteiger partial charge is 0.497 e. The predicted octanol–water partition coefficient (Wildman–Crippen LogP) is 3.90. The molecule has 0 radical (unpaired) electrons. The Kier molecular flexibility index (Phi) is 5.47. The monoisotopic (exact) mass is 354 g/mol. The minimum Gasteiger partial charge on any atom is -0.497 e. The van der Waals surface area contributed by atoms with E-state index in [1.54, 1.807) is 7.11 Å². The second kappa shape index (κ2) is 7.79. The number of nitrogens with one attached hydrogen (secondary N) is 1. The summed E-state index contributed by atoms with van der Waals surface area (Å²) in [5.41, 5.74) is 4.20. The molecule has 0 amide bonds. The molecule has 3 rings (SSSR count). The number of rotatable bonds is 5. The Bertz CT molecular complexity index is 798. The number of piperidine rings is 1. The Labute approximate surface area is 154 Å². The van der Waals surface area contributed by atoms with Crippen LogP contribution in [0.4, 0.5) is 11.4 Å². The van der Waals surface area contributed by atoms with E-state index in [1.165, 1.54) is 0 Å². The average Bonchev–Trinajstić information content (AvgIpc) is 2.64. The fourth-order valence-corrected chi connectivity index (χ4v) is 3.70. The number of carbonyl (C=O) groups is 1. The van der Waals surface area contributed by atoms with Crippen molar-refractivity contribution in [2.45, 2.75) is 32.7 Å². The number of benzene rings is 2. The van der Waals surface area contributed by atoms with Crippen molar-refractivity contribution in [1.82, 2.24) is 5.32 Å². The molecule has 1 aliphatic rings. The maximum absolute atomic E-state index is 11.7. The van der Waals surface area contributed by atoms with Crippen LogP contribution in [0.1, 0.15) is 34.3 Å². The van der Waals surface area contributed by atoms with E-state index >= 15 is 0 Å². The molecule has 138 valence electrons. The molecule has 26 heavy (non-hydrogen) atoms. The Hall–Kier alpha value is -2.53. The van der Waals surface area contributed by atoms with Crippen molar-refractivity contribution in [2.24, 2.45) is 0 Å². The number of hydrogen-bond acceptors (Lipinski definition) is 4. The zero-order valence-corrected chi connectivity index (χ0v) is 15.6. The summed E-state index contributed by atoms with van der Waals surface area (Å²) in [6.45, 7) is 5.81. The molecule has 0 aliphatic carbocycles. The lowest BCUT2D eigenvalue weighted by Crippen LogP contribution is -2.41. The minimum absolute atomic E-state index is 0.311. The van der Waals surface area contributed by atoms with Crippen molar-refractivity contribution in [3.8, 4) is 5.75 Å². The Morgan fingerprint density at radius 2 is 1.88 bits per heavy atom. The van der Waals surface area contributed by atoms with E-state index in [2.05, 4.69) is 16.3 Å². The van der Waals surface area contributed by atoms with E-state index in [0.717, 1.165) is 54.2 Å². The summed E-state index contributed by atoms with van der Waals surface area (Å²) >= 11 is 0. The molecule has 0 saturated carbocycles. The van der Waals surface area contributed by atoms with E-state index in [4.69, 9.17) is 4.74 Å². The van der Waals surface area contributed by atoms with Gasteiger partial charge in [0.15, 0.2) is 0 Å². The first kappa shape index (κ1) is 18.3. The van der Waals surface area contributed by atoms with Crippen molar-refractivity contribution < 1.29 is 14.6 Å². The van der Waals surface area contributed by atoms with Gasteiger partial charge in [0, 0.05) is 23.5 Å². The van der Waals surface area contributed by atoms with Gasteiger partial charge >= 0.3 is 5.97 Å². The maximum atomic E-state index is 11.7. The van der Waals surface area contributed by atoms with Gasteiger partial charge in [-0.2, -0.15) is 0 Å². The summed E-state index contributed by atoms with van der Waals surface area (Å²) in [6.07, 6.45) is 2.01.